The fraction of sp³-hybridized carbons (Fsp3) is 0. The van der Waals surface area contributed by atoms with Gasteiger partial charge in [-0.25, -0.2) is 0 Å². The fourth-order valence-corrected chi connectivity index (χ4v) is 1.59. The summed E-state index contributed by atoms with van der Waals surface area (Å²) in [5.74, 6) is -0.111. The Kier molecular flexibility index (Phi) is 4.24. The normalized spacial score (nSPS) is 10.4. The number of nitrogens with one attached hydrogen (secondary N) is 1. The van der Waals surface area contributed by atoms with Crippen LogP contribution in [0.15, 0.2) is 66.9 Å². The molecule has 2 aromatic carbocycles. The van der Waals surface area contributed by atoms with Gasteiger partial charge in [0.1, 0.15) is 0 Å². The van der Waals surface area contributed by atoms with E-state index in [4.69, 9.17) is 0 Å². The Bertz CT molecular complexity index is 634. The molecule has 0 fully saturated rings. The van der Waals surface area contributed by atoms with Crippen LogP contribution in [0.2, 0.25) is 0 Å². The maximum Gasteiger partial charge on any atom is 0.269 e. The number of nitro benzene ring substituents is 1. The first-order valence-corrected chi connectivity index (χ1v) is 5.94. The van der Waals surface area contributed by atoms with Gasteiger partial charge in [0.25, 0.3) is 5.69 Å². The minimum atomic E-state index is -0.460. The van der Waals surface area contributed by atoms with Crippen LogP contribution in [0.3, 0.4) is 0 Å². The molecular weight excluding hydrogens is 256 g/mol. The van der Waals surface area contributed by atoms with Gasteiger partial charge in [-0.15, -0.1) is 0 Å². The molecule has 0 aliphatic carbocycles. The first-order valence-electron chi connectivity index (χ1n) is 5.94. The molecule has 0 unspecified atom stereocenters. The van der Waals surface area contributed by atoms with Gasteiger partial charge in [0, 0.05) is 35.7 Å². The van der Waals surface area contributed by atoms with Crippen LogP contribution in [0.5, 0.6) is 0 Å². The highest BCUT2D eigenvalue weighted by Crippen LogP contribution is 2.15. The Morgan fingerprint density at radius 2 is 1.70 bits per heavy atom. The number of allylic oxidation sites excluding steroid dienone is 1. The van der Waals surface area contributed by atoms with Crippen molar-refractivity contribution in [1.29, 1.82) is 0 Å². The van der Waals surface area contributed by atoms with Gasteiger partial charge in [0.05, 0.1) is 4.92 Å². The smallest absolute Gasteiger partial charge is 0.269 e. The van der Waals surface area contributed by atoms with Gasteiger partial charge in [-0.05, 0) is 12.1 Å². The van der Waals surface area contributed by atoms with E-state index in [2.05, 4.69) is 5.32 Å². The highest BCUT2D eigenvalue weighted by atomic mass is 16.6. The lowest BCUT2D eigenvalue weighted by Gasteiger charge is -1.99. The predicted octanol–water partition coefficient (Wildman–Crippen LogP) is 3.40. The second-order valence-electron chi connectivity index (χ2n) is 4.01. The minimum Gasteiger partial charge on any atom is -0.362 e. The molecule has 5 nitrogen and oxygen atoms in total. The van der Waals surface area contributed by atoms with E-state index in [1.54, 1.807) is 36.4 Å². The lowest BCUT2D eigenvalue weighted by Crippen LogP contribution is -1.96. The number of anilines is 1. The molecule has 0 aromatic heterocycles. The Labute approximate surface area is 115 Å². The average Bonchev–Trinajstić information content (AvgIpc) is 2.48. The molecule has 20 heavy (non-hydrogen) atoms. The number of nitrogens with zero attached hydrogens (tertiary/aromatic N) is 1. The van der Waals surface area contributed by atoms with Crippen LogP contribution in [-0.2, 0) is 0 Å². The highest BCUT2D eigenvalue weighted by molar-refractivity contribution is 6.04. The molecule has 0 atom stereocenters. The van der Waals surface area contributed by atoms with Crippen molar-refractivity contribution in [2.45, 2.75) is 0 Å². The molecular formula is C15H12N2O3. The van der Waals surface area contributed by atoms with E-state index in [1.807, 2.05) is 6.07 Å². The molecule has 0 bridgehead atoms. The van der Waals surface area contributed by atoms with Gasteiger partial charge < -0.3 is 5.32 Å². The summed E-state index contributed by atoms with van der Waals surface area (Å²) in [5, 5.41) is 13.4. The number of benzene rings is 2. The van der Waals surface area contributed by atoms with Crippen LogP contribution < -0.4 is 5.32 Å². The van der Waals surface area contributed by atoms with Crippen molar-refractivity contribution in [3.63, 3.8) is 0 Å². The average molecular weight is 268 g/mol. The number of ketones is 1. The Morgan fingerprint density at radius 1 is 1.05 bits per heavy atom. The van der Waals surface area contributed by atoms with Gasteiger partial charge in [-0.3, -0.25) is 14.9 Å². The van der Waals surface area contributed by atoms with Crippen LogP contribution in [-0.4, -0.2) is 10.7 Å². The number of carbonyl (C=O) groups is 1. The molecule has 1 N–H and O–H groups in total. The molecule has 2 rings (SSSR count). The van der Waals surface area contributed by atoms with E-state index < -0.39 is 4.92 Å². The van der Waals surface area contributed by atoms with Crippen LogP contribution >= 0.6 is 0 Å². The number of hydrogen-bond donors (Lipinski definition) is 1. The summed E-state index contributed by atoms with van der Waals surface area (Å²) in [4.78, 5) is 21.8. The van der Waals surface area contributed by atoms with Crippen molar-refractivity contribution in [3.05, 3.63) is 82.6 Å². The molecule has 0 heterocycles. The van der Waals surface area contributed by atoms with Crippen molar-refractivity contribution in [3.8, 4) is 0 Å². The predicted molar refractivity (Wildman–Crippen MR) is 76.6 cm³/mol. The summed E-state index contributed by atoms with van der Waals surface area (Å²) in [6.45, 7) is 0. The third-order valence-electron chi connectivity index (χ3n) is 2.62. The topological polar surface area (TPSA) is 72.2 Å². The van der Waals surface area contributed by atoms with E-state index in [1.165, 1.54) is 24.4 Å². The number of non-ortho nitro benzene ring substituents is 1. The first-order chi connectivity index (χ1) is 9.66. The maximum absolute atomic E-state index is 11.8. The number of carbonyl (C=O) groups excluding carboxylic acids is 1. The molecule has 0 amide bonds. The lowest BCUT2D eigenvalue weighted by atomic mass is 10.1. The third kappa shape index (κ3) is 3.52. The zero-order chi connectivity index (χ0) is 14.4. The molecule has 0 radical (unpaired) electrons. The monoisotopic (exact) mass is 268 g/mol. The first kappa shape index (κ1) is 13.5. The Morgan fingerprint density at radius 3 is 2.30 bits per heavy atom. The van der Waals surface area contributed by atoms with Crippen LogP contribution in [0.4, 0.5) is 11.4 Å². The highest BCUT2D eigenvalue weighted by Gasteiger charge is 2.03. The van der Waals surface area contributed by atoms with Crippen molar-refractivity contribution < 1.29 is 9.72 Å². The van der Waals surface area contributed by atoms with Gasteiger partial charge in [0.15, 0.2) is 5.78 Å². The van der Waals surface area contributed by atoms with Crippen molar-refractivity contribution >= 4 is 17.2 Å². The molecule has 0 spiro atoms. The van der Waals surface area contributed by atoms with Crippen molar-refractivity contribution in [2.24, 2.45) is 0 Å². The SMILES string of the molecule is O=C(/C=C/Nc1ccc([N+](=O)[O-])cc1)c1ccccc1. The van der Waals surface area contributed by atoms with E-state index in [0.717, 1.165) is 0 Å². The summed E-state index contributed by atoms with van der Waals surface area (Å²) in [7, 11) is 0. The van der Waals surface area contributed by atoms with E-state index in [-0.39, 0.29) is 11.5 Å². The fourth-order valence-electron chi connectivity index (χ4n) is 1.59. The number of hydrogen-bond acceptors (Lipinski definition) is 4. The zero-order valence-corrected chi connectivity index (χ0v) is 10.5. The van der Waals surface area contributed by atoms with Gasteiger partial charge in [0.2, 0.25) is 0 Å². The van der Waals surface area contributed by atoms with Gasteiger partial charge in [-0.1, -0.05) is 30.3 Å². The second kappa shape index (κ2) is 6.29. The van der Waals surface area contributed by atoms with E-state index in [0.29, 0.717) is 11.3 Å². The molecule has 5 heteroatoms. The number of nitro groups is 1. The number of rotatable bonds is 5. The lowest BCUT2D eigenvalue weighted by molar-refractivity contribution is -0.384. The van der Waals surface area contributed by atoms with Gasteiger partial charge >= 0.3 is 0 Å². The molecule has 0 saturated heterocycles. The summed E-state index contributed by atoms with van der Waals surface area (Å²) < 4.78 is 0. The molecule has 100 valence electrons. The maximum atomic E-state index is 11.8. The summed E-state index contributed by atoms with van der Waals surface area (Å²) in [5.41, 5.74) is 1.31. The molecule has 0 aliphatic heterocycles. The Balaban J connectivity index is 1.96. The van der Waals surface area contributed by atoms with E-state index >= 15 is 0 Å². The van der Waals surface area contributed by atoms with Crippen LogP contribution in [0.25, 0.3) is 0 Å². The summed E-state index contributed by atoms with van der Waals surface area (Å²) in [6.07, 6.45) is 2.92. The second-order valence-corrected chi connectivity index (χ2v) is 4.01. The minimum absolute atomic E-state index is 0.0277. The molecule has 0 saturated carbocycles. The quantitative estimate of drug-likeness (QED) is 0.390. The molecule has 0 aliphatic rings. The summed E-state index contributed by atoms with van der Waals surface area (Å²) in [6, 6.07) is 14.9. The van der Waals surface area contributed by atoms with Crippen LogP contribution in [0, 0.1) is 10.1 Å². The van der Waals surface area contributed by atoms with Crippen molar-refractivity contribution in [1.82, 2.24) is 0 Å². The summed E-state index contributed by atoms with van der Waals surface area (Å²) >= 11 is 0. The largest absolute Gasteiger partial charge is 0.362 e. The Hall–Kier alpha value is -2.95. The van der Waals surface area contributed by atoms with Crippen LogP contribution in [0.1, 0.15) is 10.4 Å². The van der Waals surface area contributed by atoms with Crippen molar-refractivity contribution in [2.75, 3.05) is 5.32 Å². The van der Waals surface area contributed by atoms with Gasteiger partial charge in [-0.2, -0.15) is 0 Å². The standard InChI is InChI=1S/C15H12N2O3/c18-15(12-4-2-1-3-5-12)10-11-16-13-6-8-14(9-7-13)17(19)20/h1-11,16H/b11-10+. The molecule has 2 aromatic rings. The zero-order valence-electron chi connectivity index (χ0n) is 10.5. The van der Waals surface area contributed by atoms with E-state index in [9.17, 15) is 14.9 Å². The third-order valence-corrected chi connectivity index (χ3v) is 2.62.